The summed E-state index contributed by atoms with van der Waals surface area (Å²) in [5.74, 6) is -0.833. The number of rotatable bonds is 5. The molecule has 0 spiro atoms. The van der Waals surface area contributed by atoms with Gasteiger partial charge in [0.25, 0.3) is 5.91 Å². The first-order chi connectivity index (χ1) is 16.5. The molecule has 9 heteroatoms. The first-order valence-corrected chi connectivity index (χ1v) is 10.8. The zero-order valence-electron chi connectivity index (χ0n) is 18.2. The Hall–Kier alpha value is -4.40. The van der Waals surface area contributed by atoms with Crippen LogP contribution in [0.1, 0.15) is 12.5 Å². The van der Waals surface area contributed by atoms with Gasteiger partial charge in [0, 0.05) is 12.0 Å². The fourth-order valence-electron chi connectivity index (χ4n) is 4.00. The molecule has 34 heavy (non-hydrogen) atoms. The third-order valence-corrected chi connectivity index (χ3v) is 5.59. The van der Waals surface area contributed by atoms with Crippen LogP contribution in [0.25, 0.3) is 22.2 Å². The van der Waals surface area contributed by atoms with Crippen LogP contribution in [-0.4, -0.2) is 28.6 Å². The SMILES string of the molecule is CCOC(=O)Nc1nc2ccc(-c3cc(CC4=C5C=CC=CC5C(=O)N=N4)ccc3F)cc2[nH]1. The van der Waals surface area contributed by atoms with E-state index in [2.05, 4.69) is 25.5 Å². The number of anilines is 1. The number of benzene rings is 2. The fourth-order valence-corrected chi connectivity index (χ4v) is 4.00. The molecule has 2 N–H and O–H groups in total. The van der Waals surface area contributed by atoms with Gasteiger partial charge in [0.1, 0.15) is 5.82 Å². The van der Waals surface area contributed by atoms with Gasteiger partial charge in [0.2, 0.25) is 5.95 Å². The summed E-state index contributed by atoms with van der Waals surface area (Å²) in [6.45, 7) is 1.96. The normalized spacial score (nSPS) is 16.8. The molecule has 0 bridgehead atoms. The van der Waals surface area contributed by atoms with Gasteiger partial charge in [0.05, 0.1) is 29.3 Å². The summed E-state index contributed by atoms with van der Waals surface area (Å²) in [6.07, 6.45) is 7.16. The van der Waals surface area contributed by atoms with Crippen molar-refractivity contribution in [2.45, 2.75) is 13.3 Å². The maximum absolute atomic E-state index is 14.8. The Balaban J connectivity index is 1.44. The van der Waals surface area contributed by atoms with Crippen molar-refractivity contribution in [2.75, 3.05) is 11.9 Å². The van der Waals surface area contributed by atoms with Crippen LogP contribution >= 0.6 is 0 Å². The predicted molar refractivity (Wildman–Crippen MR) is 124 cm³/mol. The quantitative estimate of drug-likeness (QED) is 0.530. The van der Waals surface area contributed by atoms with Crippen LogP contribution in [0.15, 0.2) is 82.2 Å². The van der Waals surface area contributed by atoms with Gasteiger partial charge in [-0.2, -0.15) is 5.11 Å². The van der Waals surface area contributed by atoms with Crippen LogP contribution in [0.2, 0.25) is 0 Å². The minimum atomic E-state index is -0.608. The summed E-state index contributed by atoms with van der Waals surface area (Å²) in [6, 6.07) is 10.2. The van der Waals surface area contributed by atoms with Crippen molar-refractivity contribution < 1.29 is 18.7 Å². The Morgan fingerprint density at radius 1 is 1.18 bits per heavy atom. The second kappa shape index (κ2) is 8.86. The summed E-state index contributed by atoms with van der Waals surface area (Å²) in [7, 11) is 0. The maximum atomic E-state index is 14.8. The molecule has 0 radical (unpaired) electrons. The summed E-state index contributed by atoms with van der Waals surface area (Å²) >= 11 is 0. The second-order valence-corrected chi connectivity index (χ2v) is 7.82. The first-order valence-electron chi connectivity index (χ1n) is 10.8. The van der Waals surface area contributed by atoms with E-state index in [1.54, 1.807) is 43.3 Å². The van der Waals surface area contributed by atoms with Crippen molar-refractivity contribution in [1.29, 1.82) is 0 Å². The Morgan fingerprint density at radius 2 is 2.06 bits per heavy atom. The van der Waals surface area contributed by atoms with Crippen molar-refractivity contribution in [2.24, 2.45) is 16.1 Å². The van der Waals surface area contributed by atoms with Gasteiger partial charge in [-0.05, 0) is 47.9 Å². The highest BCUT2D eigenvalue weighted by Gasteiger charge is 2.27. The minimum absolute atomic E-state index is 0.245. The molecular weight excluding hydrogens is 437 g/mol. The molecule has 1 aliphatic carbocycles. The molecule has 8 nitrogen and oxygen atoms in total. The first kappa shape index (κ1) is 21.4. The highest BCUT2D eigenvalue weighted by atomic mass is 19.1. The lowest BCUT2D eigenvalue weighted by molar-refractivity contribution is -0.120. The number of halogens is 1. The molecule has 1 aliphatic heterocycles. The predicted octanol–water partition coefficient (Wildman–Crippen LogP) is 5.47. The van der Waals surface area contributed by atoms with Gasteiger partial charge < -0.3 is 9.72 Å². The number of carbonyl (C=O) groups is 2. The van der Waals surface area contributed by atoms with Crippen LogP contribution < -0.4 is 5.32 Å². The highest BCUT2D eigenvalue weighted by molar-refractivity contribution is 5.88. The average molecular weight is 457 g/mol. The van der Waals surface area contributed by atoms with Crippen LogP contribution in [-0.2, 0) is 16.0 Å². The Bertz CT molecular complexity index is 1430. The van der Waals surface area contributed by atoms with Crippen LogP contribution in [0.5, 0.6) is 0 Å². The van der Waals surface area contributed by atoms with Gasteiger partial charge in [-0.3, -0.25) is 10.1 Å². The number of hydrogen-bond acceptors (Lipinski definition) is 5. The Kier molecular flexibility index (Phi) is 5.59. The third-order valence-electron chi connectivity index (χ3n) is 5.59. The monoisotopic (exact) mass is 457 g/mol. The molecule has 2 aliphatic rings. The number of aromatic amines is 1. The van der Waals surface area contributed by atoms with Crippen molar-refractivity contribution in [3.8, 4) is 11.1 Å². The molecule has 0 saturated heterocycles. The van der Waals surface area contributed by atoms with Crippen molar-refractivity contribution in [1.82, 2.24) is 9.97 Å². The van der Waals surface area contributed by atoms with Crippen molar-refractivity contribution >= 4 is 29.0 Å². The lowest BCUT2D eigenvalue weighted by Gasteiger charge is -2.19. The van der Waals surface area contributed by atoms with Crippen molar-refractivity contribution in [3.63, 3.8) is 0 Å². The molecule has 2 aromatic carbocycles. The zero-order valence-corrected chi connectivity index (χ0v) is 18.2. The minimum Gasteiger partial charge on any atom is -0.450 e. The number of nitrogens with zero attached hydrogens (tertiary/aromatic N) is 3. The summed E-state index contributed by atoms with van der Waals surface area (Å²) in [4.78, 5) is 31.0. The Labute approximate surface area is 193 Å². The molecule has 1 aromatic heterocycles. The van der Waals surface area contributed by atoms with E-state index >= 15 is 0 Å². The standard InChI is InChI=1S/C25H20FN5O3/c1-2-34-25(33)29-24-27-20-10-8-15(13-22(20)28-24)18-11-14(7-9-19(18)26)12-21-16-5-3-4-6-17(16)23(32)31-30-21/h3-11,13,17H,2,12H2,1H3,(H2,27,28,29,33). The molecule has 5 rings (SSSR count). The number of aromatic nitrogens is 2. The van der Waals surface area contributed by atoms with Gasteiger partial charge in [0.15, 0.2) is 0 Å². The molecule has 1 atom stereocenters. The average Bonchev–Trinajstić information content (AvgIpc) is 3.23. The summed E-state index contributed by atoms with van der Waals surface area (Å²) in [5.41, 5.74) is 4.65. The van der Waals surface area contributed by atoms with Gasteiger partial charge >= 0.3 is 6.09 Å². The molecule has 3 aromatic rings. The third kappa shape index (κ3) is 4.15. The van der Waals surface area contributed by atoms with Gasteiger partial charge in [-0.25, -0.2) is 14.2 Å². The number of imidazole rings is 1. The number of azo groups is 1. The number of fused-ring (bicyclic) bond motifs is 2. The van der Waals surface area contributed by atoms with Crippen LogP contribution in [0.3, 0.4) is 0 Å². The maximum Gasteiger partial charge on any atom is 0.413 e. The number of amides is 2. The van der Waals surface area contributed by atoms with E-state index in [0.29, 0.717) is 34.3 Å². The molecule has 170 valence electrons. The molecule has 2 amide bonds. The topological polar surface area (TPSA) is 109 Å². The van der Waals surface area contributed by atoms with Crippen molar-refractivity contribution in [3.05, 3.63) is 83.4 Å². The molecule has 0 fully saturated rings. The number of ether oxygens (including phenoxy) is 1. The molecule has 0 saturated carbocycles. The smallest absolute Gasteiger partial charge is 0.413 e. The molecule has 2 heterocycles. The lowest BCUT2D eigenvalue weighted by atomic mass is 9.89. The number of nitrogens with one attached hydrogen (secondary N) is 2. The lowest BCUT2D eigenvalue weighted by Crippen LogP contribution is -2.18. The largest absolute Gasteiger partial charge is 0.450 e. The molecular formula is C25H20FN5O3. The second-order valence-electron chi connectivity index (χ2n) is 7.82. The van der Waals surface area contributed by atoms with Gasteiger partial charge in [-0.15, -0.1) is 5.11 Å². The Morgan fingerprint density at radius 3 is 2.91 bits per heavy atom. The number of allylic oxidation sites excluding steroid dienone is 4. The van der Waals surface area contributed by atoms with Gasteiger partial charge in [-0.1, -0.05) is 36.4 Å². The van der Waals surface area contributed by atoms with E-state index in [1.165, 1.54) is 6.07 Å². The number of carbonyl (C=O) groups excluding carboxylic acids is 2. The van der Waals surface area contributed by atoms with E-state index in [9.17, 15) is 14.0 Å². The van der Waals surface area contributed by atoms with E-state index in [-0.39, 0.29) is 24.3 Å². The van der Waals surface area contributed by atoms with E-state index in [4.69, 9.17) is 4.74 Å². The number of hydrogen-bond donors (Lipinski definition) is 2. The van der Waals surface area contributed by atoms with E-state index in [1.807, 2.05) is 18.2 Å². The van der Waals surface area contributed by atoms with Crippen LogP contribution in [0.4, 0.5) is 15.1 Å². The van der Waals surface area contributed by atoms with E-state index in [0.717, 1.165) is 11.1 Å². The molecule has 1 unspecified atom stereocenters. The number of H-pyrrole nitrogens is 1. The highest BCUT2D eigenvalue weighted by Crippen LogP contribution is 2.32. The summed E-state index contributed by atoms with van der Waals surface area (Å²) in [5, 5.41) is 10.4. The fraction of sp³-hybridized carbons (Fsp3) is 0.160. The summed E-state index contributed by atoms with van der Waals surface area (Å²) < 4.78 is 19.7. The zero-order chi connectivity index (χ0) is 23.7. The van der Waals surface area contributed by atoms with Crippen LogP contribution in [0, 0.1) is 11.7 Å². The van der Waals surface area contributed by atoms with E-state index < -0.39 is 12.0 Å².